The molecule has 0 amide bonds. The van der Waals surface area contributed by atoms with Crippen LogP contribution in [-0.2, 0) is 4.79 Å². The Balaban J connectivity index is 2.55. The van der Waals surface area contributed by atoms with E-state index >= 15 is 0 Å². The van der Waals surface area contributed by atoms with Crippen molar-refractivity contribution in [2.75, 3.05) is 0 Å². The van der Waals surface area contributed by atoms with E-state index in [9.17, 15) is 9.18 Å². The fourth-order valence-electron chi connectivity index (χ4n) is 1.41. The van der Waals surface area contributed by atoms with Crippen LogP contribution in [0.15, 0.2) is 22.7 Å². The molecule has 2 rings (SSSR count). The topological polar surface area (TPSA) is 80.9 Å². The molecule has 0 fully saturated rings. The fourth-order valence-corrected chi connectivity index (χ4v) is 1.77. The van der Waals surface area contributed by atoms with Gasteiger partial charge in [-0.05, 0) is 35.5 Å². The molecular formula is C10H8BrFN4O2. The first-order valence-electron chi connectivity index (χ1n) is 4.97. The lowest BCUT2D eigenvalue weighted by Crippen LogP contribution is -2.18. The summed E-state index contributed by atoms with van der Waals surface area (Å²) >= 11 is 3.21. The van der Waals surface area contributed by atoms with Crippen molar-refractivity contribution in [3.05, 3.63) is 28.5 Å². The van der Waals surface area contributed by atoms with Crippen molar-refractivity contribution in [3.8, 4) is 11.4 Å². The molecule has 1 unspecified atom stereocenters. The number of tetrazole rings is 1. The second-order valence-corrected chi connectivity index (χ2v) is 4.50. The Morgan fingerprint density at radius 3 is 2.94 bits per heavy atom. The van der Waals surface area contributed by atoms with Crippen LogP contribution in [-0.4, -0.2) is 31.3 Å². The average Bonchev–Trinajstić information content (AvgIpc) is 2.80. The normalized spacial score (nSPS) is 12.4. The zero-order chi connectivity index (χ0) is 13.3. The number of carboxylic acids is 1. The van der Waals surface area contributed by atoms with E-state index in [4.69, 9.17) is 5.11 Å². The molecule has 1 aromatic heterocycles. The van der Waals surface area contributed by atoms with Gasteiger partial charge in [-0.15, -0.1) is 5.10 Å². The lowest BCUT2D eigenvalue weighted by atomic mass is 10.2. The molecule has 0 saturated heterocycles. The van der Waals surface area contributed by atoms with Crippen LogP contribution in [0.2, 0.25) is 0 Å². The van der Waals surface area contributed by atoms with Crippen molar-refractivity contribution in [1.29, 1.82) is 0 Å². The van der Waals surface area contributed by atoms with Crippen molar-refractivity contribution in [2.24, 2.45) is 0 Å². The highest BCUT2D eigenvalue weighted by atomic mass is 79.9. The summed E-state index contributed by atoms with van der Waals surface area (Å²) in [5, 5.41) is 19.6. The molecular weight excluding hydrogens is 307 g/mol. The van der Waals surface area contributed by atoms with Crippen LogP contribution in [0.4, 0.5) is 4.39 Å². The summed E-state index contributed by atoms with van der Waals surface area (Å²) in [4.78, 5) is 10.9. The van der Waals surface area contributed by atoms with Gasteiger partial charge in [-0.3, -0.25) is 0 Å². The van der Waals surface area contributed by atoms with E-state index in [2.05, 4.69) is 31.5 Å². The van der Waals surface area contributed by atoms with Gasteiger partial charge in [-0.2, -0.15) is 0 Å². The quantitative estimate of drug-likeness (QED) is 0.935. The minimum atomic E-state index is -1.10. The van der Waals surface area contributed by atoms with Crippen LogP contribution in [0.5, 0.6) is 0 Å². The zero-order valence-corrected chi connectivity index (χ0v) is 10.8. The summed E-state index contributed by atoms with van der Waals surface area (Å²) in [6.07, 6.45) is 0. The number of nitrogens with zero attached hydrogens (tertiary/aromatic N) is 4. The molecule has 1 aromatic carbocycles. The highest BCUT2D eigenvalue weighted by Gasteiger charge is 2.22. The molecule has 0 aliphatic heterocycles. The van der Waals surface area contributed by atoms with E-state index in [0.29, 0.717) is 4.47 Å². The Morgan fingerprint density at radius 2 is 2.28 bits per heavy atom. The van der Waals surface area contributed by atoms with E-state index in [1.807, 2.05) is 0 Å². The van der Waals surface area contributed by atoms with E-state index in [0.717, 1.165) is 4.68 Å². The van der Waals surface area contributed by atoms with E-state index in [-0.39, 0.29) is 11.4 Å². The Hall–Kier alpha value is -1.83. The summed E-state index contributed by atoms with van der Waals surface area (Å²) in [5.41, 5.74) is 0.141. The standard InChI is InChI=1S/C10H8BrFN4O2/c1-5(10(17)18)16-9(13-14-15-16)7-4-6(11)2-3-8(7)12/h2-5H,1H3,(H,17,18). The lowest BCUT2D eigenvalue weighted by molar-refractivity contribution is -0.140. The monoisotopic (exact) mass is 314 g/mol. The largest absolute Gasteiger partial charge is 0.480 e. The Kier molecular flexibility index (Phi) is 3.37. The van der Waals surface area contributed by atoms with Gasteiger partial charge in [0.15, 0.2) is 11.9 Å². The molecule has 94 valence electrons. The number of carbonyl (C=O) groups is 1. The van der Waals surface area contributed by atoms with Crippen molar-refractivity contribution in [1.82, 2.24) is 20.2 Å². The number of benzene rings is 1. The van der Waals surface area contributed by atoms with Crippen LogP contribution in [0.3, 0.4) is 0 Å². The number of hydrogen-bond acceptors (Lipinski definition) is 4. The predicted octanol–water partition coefficient (Wildman–Crippen LogP) is 1.89. The fraction of sp³-hybridized carbons (Fsp3) is 0.200. The predicted molar refractivity (Wildman–Crippen MR) is 63.3 cm³/mol. The van der Waals surface area contributed by atoms with Gasteiger partial charge < -0.3 is 5.11 Å². The second-order valence-electron chi connectivity index (χ2n) is 3.59. The summed E-state index contributed by atoms with van der Waals surface area (Å²) < 4.78 is 15.4. The van der Waals surface area contributed by atoms with Gasteiger partial charge in [0.1, 0.15) is 5.82 Å². The first kappa shape index (κ1) is 12.6. The maximum absolute atomic E-state index is 13.7. The van der Waals surface area contributed by atoms with Gasteiger partial charge in [0.25, 0.3) is 0 Å². The number of aromatic nitrogens is 4. The van der Waals surface area contributed by atoms with Gasteiger partial charge >= 0.3 is 5.97 Å². The number of halogens is 2. The second kappa shape index (κ2) is 4.81. The van der Waals surface area contributed by atoms with Gasteiger partial charge in [-0.25, -0.2) is 13.9 Å². The van der Waals surface area contributed by atoms with Gasteiger partial charge in [-0.1, -0.05) is 15.9 Å². The highest BCUT2D eigenvalue weighted by molar-refractivity contribution is 9.10. The molecule has 0 aliphatic carbocycles. The number of carboxylic acid groups (broad SMARTS) is 1. The Morgan fingerprint density at radius 1 is 1.56 bits per heavy atom. The third-order valence-corrected chi connectivity index (χ3v) is 2.88. The van der Waals surface area contributed by atoms with Crippen molar-refractivity contribution in [3.63, 3.8) is 0 Å². The van der Waals surface area contributed by atoms with Crippen molar-refractivity contribution < 1.29 is 14.3 Å². The Labute approximate surface area is 110 Å². The highest BCUT2D eigenvalue weighted by Crippen LogP contribution is 2.25. The molecule has 0 radical (unpaired) electrons. The first-order valence-corrected chi connectivity index (χ1v) is 5.76. The van der Waals surface area contributed by atoms with E-state index in [1.165, 1.54) is 25.1 Å². The molecule has 8 heteroatoms. The summed E-state index contributed by atoms with van der Waals surface area (Å²) in [5.74, 6) is -1.55. The average molecular weight is 315 g/mol. The SMILES string of the molecule is CC(C(=O)O)n1nnnc1-c1cc(Br)ccc1F. The molecule has 0 spiro atoms. The molecule has 0 bridgehead atoms. The van der Waals surface area contributed by atoms with Gasteiger partial charge in [0, 0.05) is 4.47 Å². The summed E-state index contributed by atoms with van der Waals surface area (Å²) in [6.45, 7) is 1.41. The first-order chi connectivity index (χ1) is 8.50. The molecule has 1 atom stereocenters. The van der Waals surface area contributed by atoms with Gasteiger partial charge in [0.2, 0.25) is 0 Å². The van der Waals surface area contributed by atoms with Crippen LogP contribution in [0.25, 0.3) is 11.4 Å². The maximum atomic E-state index is 13.7. The molecule has 0 aliphatic rings. The van der Waals surface area contributed by atoms with Crippen LogP contribution >= 0.6 is 15.9 Å². The Bertz CT molecular complexity index is 601. The maximum Gasteiger partial charge on any atom is 0.328 e. The molecule has 18 heavy (non-hydrogen) atoms. The third kappa shape index (κ3) is 2.23. The van der Waals surface area contributed by atoms with E-state index in [1.54, 1.807) is 0 Å². The number of rotatable bonds is 3. The molecule has 2 aromatic rings. The molecule has 1 heterocycles. The van der Waals surface area contributed by atoms with Crippen molar-refractivity contribution >= 4 is 21.9 Å². The molecule has 1 N–H and O–H groups in total. The third-order valence-electron chi connectivity index (χ3n) is 2.39. The minimum Gasteiger partial charge on any atom is -0.480 e. The zero-order valence-electron chi connectivity index (χ0n) is 9.21. The summed E-state index contributed by atoms with van der Waals surface area (Å²) in [7, 11) is 0. The van der Waals surface area contributed by atoms with Crippen molar-refractivity contribution in [2.45, 2.75) is 13.0 Å². The van der Waals surface area contributed by atoms with Crippen LogP contribution in [0.1, 0.15) is 13.0 Å². The van der Waals surface area contributed by atoms with E-state index < -0.39 is 17.8 Å². The minimum absolute atomic E-state index is 0.0729. The summed E-state index contributed by atoms with van der Waals surface area (Å²) in [6, 6.07) is 3.30. The number of hydrogen-bond donors (Lipinski definition) is 1. The number of aliphatic carboxylic acids is 1. The smallest absolute Gasteiger partial charge is 0.328 e. The van der Waals surface area contributed by atoms with Gasteiger partial charge in [0.05, 0.1) is 5.56 Å². The van der Waals surface area contributed by atoms with Crippen LogP contribution in [0, 0.1) is 5.82 Å². The van der Waals surface area contributed by atoms with Crippen LogP contribution < -0.4 is 0 Å². The molecule has 6 nitrogen and oxygen atoms in total. The molecule has 0 saturated carbocycles. The lowest BCUT2D eigenvalue weighted by Gasteiger charge is -2.09.